The second kappa shape index (κ2) is 7.39. The van der Waals surface area contributed by atoms with Crippen molar-refractivity contribution in [3.05, 3.63) is 65.9 Å². The predicted molar refractivity (Wildman–Crippen MR) is 114 cm³/mol. The van der Waals surface area contributed by atoms with Crippen LogP contribution in [0.5, 0.6) is 0 Å². The Morgan fingerprint density at radius 1 is 0.931 bits per heavy atom. The summed E-state index contributed by atoms with van der Waals surface area (Å²) in [5, 5.41) is 4.16. The molecule has 5 nitrogen and oxygen atoms in total. The van der Waals surface area contributed by atoms with Crippen LogP contribution < -0.4 is 5.32 Å². The molecule has 1 aliphatic heterocycles. The van der Waals surface area contributed by atoms with Gasteiger partial charge in [0, 0.05) is 47.4 Å². The number of nitrogens with zero attached hydrogens (tertiary/aromatic N) is 1. The summed E-state index contributed by atoms with van der Waals surface area (Å²) in [5.41, 5.74) is 3.89. The summed E-state index contributed by atoms with van der Waals surface area (Å²) in [6.07, 6.45) is 3.90. The highest BCUT2D eigenvalue weighted by Crippen LogP contribution is 2.31. The first kappa shape index (κ1) is 18.0. The van der Waals surface area contributed by atoms with E-state index in [-0.39, 0.29) is 17.7 Å². The minimum absolute atomic E-state index is 0.0696. The molecule has 2 fully saturated rings. The highest BCUT2D eigenvalue weighted by molar-refractivity contribution is 5.96. The van der Waals surface area contributed by atoms with Crippen LogP contribution in [0, 0.1) is 5.92 Å². The number of hydrogen-bond acceptors (Lipinski definition) is 2. The molecule has 2 amide bonds. The number of para-hydroxylation sites is 1. The van der Waals surface area contributed by atoms with E-state index < -0.39 is 0 Å². The Kier molecular flexibility index (Phi) is 4.58. The maximum Gasteiger partial charge on any atom is 0.253 e. The number of piperidine rings is 1. The molecule has 0 bridgehead atoms. The maximum atomic E-state index is 12.9. The van der Waals surface area contributed by atoms with Crippen LogP contribution in [0.3, 0.4) is 0 Å². The van der Waals surface area contributed by atoms with E-state index in [1.165, 1.54) is 16.6 Å². The lowest BCUT2D eigenvalue weighted by Crippen LogP contribution is -2.38. The van der Waals surface area contributed by atoms with Gasteiger partial charge in [0.05, 0.1) is 0 Å². The lowest BCUT2D eigenvalue weighted by atomic mass is 9.93. The van der Waals surface area contributed by atoms with E-state index in [0.29, 0.717) is 11.5 Å². The van der Waals surface area contributed by atoms with Crippen molar-refractivity contribution in [1.29, 1.82) is 0 Å². The molecule has 0 radical (unpaired) electrons. The number of nitrogens with one attached hydrogen (secondary N) is 2. The van der Waals surface area contributed by atoms with Crippen LogP contribution in [0.2, 0.25) is 0 Å². The third-order valence-corrected chi connectivity index (χ3v) is 6.12. The van der Waals surface area contributed by atoms with Gasteiger partial charge in [0.25, 0.3) is 5.91 Å². The second-order valence-corrected chi connectivity index (χ2v) is 8.22. The van der Waals surface area contributed by atoms with Crippen LogP contribution in [0.15, 0.2) is 54.6 Å². The summed E-state index contributed by atoms with van der Waals surface area (Å²) in [6, 6.07) is 17.9. The molecular formula is C24H25N3O2. The SMILES string of the molecule is O=C(Nc1ccc(C(=O)N2CCC(c3cc4ccccc4[nH]3)CC2)cc1)C1CC1. The number of rotatable bonds is 4. The van der Waals surface area contributed by atoms with Crippen molar-refractivity contribution in [3.63, 3.8) is 0 Å². The summed E-state index contributed by atoms with van der Waals surface area (Å²) >= 11 is 0. The number of hydrogen-bond donors (Lipinski definition) is 2. The number of likely N-dealkylation sites (tertiary alicyclic amines) is 1. The van der Waals surface area contributed by atoms with Gasteiger partial charge in [-0.2, -0.15) is 0 Å². The van der Waals surface area contributed by atoms with Crippen molar-refractivity contribution in [2.24, 2.45) is 5.92 Å². The fraction of sp³-hybridized carbons (Fsp3) is 0.333. The van der Waals surface area contributed by atoms with E-state index in [9.17, 15) is 9.59 Å². The predicted octanol–water partition coefficient (Wildman–Crippen LogP) is 4.54. The number of carbonyl (C=O) groups excluding carboxylic acids is 2. The summed E-state index contributed by atoms with van der Waals surface area (Å²) in [5.74, 6) is 0.796. The minimum Gasteiger partial charge on any atom is -0.358 e. The molecule has 0 atom stereocenters. The van der Waals surface area contributed by atoms with E-state index >= 15 is 0 Å². The quantitative estimate of drug-likeness (QED) is 0.690. The van der Waals surface area contributed by atoms with Gasteiger partial charge in [0.2, 0.25) is 5.91 Å². The Morgan fingerprint density at radius 2 is 1.66 bits per heavy atom. The van der Waals surface area contributed by atoms with Gasteiger partial charge >= 0.3 is 0 Å². The van der Waals surface area contributed by atoms with Gasteiger partial charge in [-0.05, 0) is 67.5 Å². The number of H-pyrrole nitrogens is 1. The summed E-state index contributed by atoms with van der Waals surface area (Å²) in [7, 11) is 0. The topological polar surface area (TPSA) is 65.2 Å². The molecule has 0 spiro atoms. The first-order valence-corrected chi connectivity index (χ1v) is 10.5. The zero-order valence-corrected chi connectivity index (χ0v) is 16.4. The summed E-state index contributed by atoms with van der Waals surface area (Å²) < 4.78 is 0. The summed E-state index contributed by atoms with van der Waals surface area (Å²) in [6.45, 7) is 1.53. The molecule has 2 N–H and O–H groups in total. The van der Waals surface area contributed by atoms with E-state index in [4.69, 9.17) is 0 Å². The Morgan fingerprint density at radius 3 is 2.34 bits per heavy atom. The highest BCUT2D eigenvalue weighted by atomic mass is 16.2. The normalized spacial score (nSPS) is 17.4. The number of aromatic nitrogens is 1. The van der Waals surface area contributed by atoms with Crippen LogP contribution in [0.4, 0.5) is 5.69 Å². The van der Waals surface area contributed by atoms with Crippen LogP contribution in [0.1, 0.15) is 47.7 Å². The third kappa shape index (κ3) is 3.77. The Labute approximate surface area is 170 Å². The zero-order valence-electron chi connectivity index (χ0n) is 16.4. The van der Waals surface area contributed by atoms with E-state index in [0.717, 1.165) is 44.5 Å². The van der Waals surface area contributed by atoms with Gasteiger partial charge in [0.1, 0.15) is 0 Å². The molecule has 0 unspecified atom stereocenters. The highest BCUT2D eigenvalue weighted by Gasteiger charge is 2.29. The average Bonchev–Trinajstić information content (AvgIpc) is 3.53. The molecule has 1 aliphatic carbocycles. The van der Waals surface area contributed by atoms with E-state index in [1.807, 2.05) is 35.2 Å². The molecule has 3 aromatic rings. The monoisotopic (exact) mass is 387 g/mol. The van der Waals surface area contributed by atoms with Crippen molar-refractivity contribution in [3.8, 4) is 0 Å². The van der Waals surface area contributed by atoms with E-state index in [2.05, 4.69) is 34.6 Å². The Bertz CT molecular complexity index is 1010. The van der Waals surface area contributed by atoms with Gasteiger partial charge in [-0.15, -0.1) is 0 Å². The molecule has 29 heavy (non-hydrogen) atoms. The molecule has 1 saturated heterocycles. The van der Waals surface area contributed by atoms with Gasteiger partial charge < -0.3 is 15.2 Å². The van der Waals surface area contributed by atoms with Gasteiger partial charge in [-0.25, -0.2) is 0 Å². The zero-order chi connectivity index (χ0) is 19.8. The third-order valence-electron chi connectivity index (χ3n) is 6.12. The van der Waals surface area contributed by atoms with Crippen LogP contribution >= 0.6 is 0 Å². The number of aromatic amines is 1. The smallest absolute Gasteiger partial charge is 0.253 e. The number of fused-ring (bicyclic) bond motifs is 1. The second-order valence-electron chi connectivity index (χ2n) is 8.22. The first-order valence-electron chi connectivity index (χ1n) is 10.5. The first-order chi connectivity index (χ1) is 14.2. The number of anilines is 1. The molecule has 1 aromatic heterocycles. The number of carbonyl (C=O) groups is 2. The van der Waals surface area contributed by atoms with Crippen molar-refractivity contribution in [1.82, 2.24) is 9.88 Å². The Balaban J connectivity index is 1.20. The Hall–Kier alpha value is -3.08. The fourth-order valence-electron chi connectivity index (χ4n) is 4.18. The van der Waals surface area contributed by atoms with Crippen molar-refractivity contribution in [2.75, 3.05) is 18.4 Å². The van der Waals surface area contributed by atoms with E-state index in [1.54, 1.807) is 0 Å². The largest absolute Gasteiger partial charge is 0.358 e. The molecule has 2 aromatic carbocycles. The molecule has 2 aliphatic rings. The molecule has 148 valence electrons. The fourth-order valence-corrected chi connectivity index (χ4v) is 4.18. The van der Waals surface area contributed by atoms with Crippen LogP contribution in [-0.2, 0) is 4.79 Å². The van der Waals surface area contributed by atoms with Crippen LogP contribution in [0.25, 0.3) is 10.9 Å². The standard InChI is InChI=1S/C24H25N3O2/c28-23(17-5-6-17)25-20-9-7-18(8-10-20)24(29)27-13-11-16(12-14-27)22-15-19-3-1-2-4-21(19)26-22/h1-4,7-10,15-17,26H,5-6,11-14H2,(H,25,28). The van der Waals surface area contributed by atoms with Crippen molar-refractivity contribution in [2.45, 2.75) is 31.6 Å². The molecule has 5 rings (SSSR count). The van der Waals surface area contributed by atoms with Gasteiger partial charge in [-0.3, -0.25) is 9.59 Å². The average molecular weight is 387 g/mol. The number of amides is 2. The molecular weight excluding hydrogens is 362 g/mol. The van der Waals surface area contributed by atoms with Crippen LogP contribution in [-0.4, -0.2) is 34.8 Å². The van der Waals surface area contributed by atoms with Crippen molar-refractivity contribution < 1.29 is 9.59 Å². The lowest BCUT2D eigenvalue weighted by Gasteiger charge is -2.31. The molecule has 5 heteroatoms. The van der Waals surface area contributed by atoms with Crippen molar-refractivity contribution >= 4 is 28.4 Å². The lowest BCUT2D eigenvalue weighted by molar-refractivity contribution is -0.117. The number of benzene rings is 2. The molecule has 2 heterocycles. The minimum atomic E-state index is 0.0696. The van der Waals surface area contributed by atoms with Gasteiger partial charge in [-0.1, -0.05) is 18.2 Å². The summed E-state index contributed by atoms with van der Waals surface area (Å²) in [4.78, 5) is 30.2. The molecule has 1 saturated carbocycles. The van der Waals surface area contributed by atoms with Gasteiger partial charge in [0.15, 0.2) is 0 Å². The maximum absolute atomic E-state index is 12.9.